The number of anilines is 1. The van der Waals surface area contributed by atoms with Crippen LogP contribution in [0, 0.1) is 0 Å². The van der Waals surface area contributed by atoms with Gasteiger partial charge in [-0.25, -0.2) is 4.79 Å². The van der Waals surface area contributed by atoms with E-state index in [9.17, 15) is 4.79 Å². The highest BCUT2D eigenvalue weighted by molar-refractivity contribution is 5.93. The zero-order valence-electron chi connectivity index (χ0n) is 11.0. The molecule has 0 aliphatic heterocycles. The summed E-state index contributed by atoms with van der Waals surface area (Å²) >= 11 is 0. The molecule has 1 aromatic carbocycles. The van der Waals surface area contributed by atoms with E-state index in [1.165, 1.54) is 5.56 Å². The maximum absolute atomic E-state index is 12.2. The molecule has 5 nitrogen and oxygen atoms in total. The minimum atomic E-state index is -0.416. The Morgan fingerprint density at radius 1 is 1.30 bits per heavy atom. The number of nitrogens with zero attached hydrogens (tertiary/aromatic N) is 2. The van der Waals surface area contributed by atoms with E-state index in [4.69, 9.17) is 10.2 Å². The van der Waals surface area contributed by atoms with E-state index in [2.05, 4.69) is 11.2 Å². The first kappa shape index (κ1) is 11.3. The van der Waals surface area contributed by atoms with Crippen LogP contribution >= 0.6 is 0 Å². The molecule has 2 aromatic heterocycles. The molecule has 0 spiro atoms. The summed E-state index contributed by atoms with van der Waals surface area (Å²) in [6.45, 7) is 0. The zero-order valence-corrected chi connectivity index (χ0v) is 11.0. The van der Waals surface area contributed by atoms with E-state index in [0.717, 1.165) is 29.5 Å². The lowest BCUT2D eigenvalue weighted by atomic mass is 9.89. The van der Waals surface area contributed by atoms with Crippen molar-refractivity contribution in [1.29, 1.82) is 0 Å². The van der Waals surface area contributed by atoms with Gasteiger partial charge >= 0.3 is 5.63 Å². The van der Waals surface area contributed by atoms with Crippen molar-refractivity contribution in [3.05, 3.63) is 45.8 Å². The molecule has 0 amide bonds. The van der Waals surface area contributed by atoms with Gasteiger partial charge in [0, 0.05) is 18.2 Å². The Balaban J connectivity index is 2.19. The summed E-state index contributed by atoms with van der Waals surface area (Å²) in [4.78, 5) is 12.2. The van der Waals surface area contributed by atoms with Gasteiger partial charge in [-0.3, -0.25) is 4.68 Å². The van der Waals surface area contributed by atoms with Gasteiger partial charge in [0.25, 0.3) is 0 Å². The highest BCUT2D eigenvalue weighted by Crippen LogP contribution is 2.36. The first-order valence-corrected chi connectivity index (χ1v) is 6.53. The summed E-state index contributed by atoms with van der Waals surface area (Å²) in [5.74, 6) is 0.894. The number of benzene rings is 1. The number of hydrogen-bond acceptors (Lipinski definition) is 4. The summed E-state index contributed by atoms with van der Waals surface area (Å²) in [5.41, 5.74) is 9.41. The SMILES string of the molecule is Cn1nc(N)c2c(=O)oc3c(c21)CCc1ccccc1-3. The Morgan fingerprint density at radius 3 is 2.95 bits per heavy atom. The minimum absolute atomic E-state index is 0.234. The second-order valence-electron chi connectivity index (χ2n) is 5.09. The van der Waals surface area contributed by atoms with E-state index >= 15 is 0 Å². The average molecular weight is 267 g/mol. The van der Waals surface area contributed by atoms with Gasteiger partial charge in [-0.2, -0.15) is 5.10 Å². The van der Waals surface area contributed by atoms with E-state index < -0.39 is 5.63 Å². The maximum Gasteiger partial charge on any atom is 0.349 e. The molecular weight excluding hydrogens is 254 g/mol. The van der Waals surface area contributed by atoms with Crippen molar-refractivity contribution in [3.63, 3.8) is 0 Å². The molecule has 1 aliphatic carbocycles. The molecule has 0 atom stereocenters. The number of fused-ring (bicyclic) bond motifs is 5. The third kappa shape index (κ3) is 1.32. The van der Waals surface area contributed by atoms with E-state index in [1.807, 2.05) is 18.2 Å². The summed E-state index contributed by atoms with van der Waals surface area (Å²) in [7, 11) is 1.80. The van der Waals surface area contributed by atoms with Crippen LogP contribution in [0.2, 0.25) is 0 Å². The van der Waals surface area contributed by atoms with Crippen molar-refractivity contribution in [3.8, 4) is 11.3 Å². The van der Waals surface area contributed by atoms with Crippen LogP contribution in [0.5, 0.6) is 0 Å². The standard InChI is InChI=1S/C15H13N3O2/c1-18-12-10-7-6-8-4-2-3-5-9(8)13(10)20-15(19)11(12)14(16)17-18/h2-5H,6-7H2,1H3,(H2,16,17). The smallest absolute Gasteiger partial charge is 0.349 e. The third-order valence-corrected chi connectivity index (χ3v) is 3.94. The number of rotatable bonds is 0. The Labute approximate surface area is 114 Å². The third-order valence-electron chi connectivity index (χ3n) is 3.94. The Bertz CT molecular complexity index is 905. The van der Waals surface area contributed by atoms with Gasteiger partial charge in [0.05, 0.1) is 5.52 Å². The highest BCUT2D eigenvalue weighted by Gasteiger charge is 2.25. The zero-order chi connectivity index (χ0) is 13.9. The number of aromatic nitrogens is 2. The van der Waals surface area contributed by atoms with Gasteiger partial charge in [-0.1, -0.05) is 24.3 Å². The molecule has 0 saturated heterocycles. The van der Waals surface area contributed by atoms with Crippen molar-refractivity contribution in [2.45, 2.75) is 12.8 Å². The monoisotopic (exact) mass is 267 g/mol. The number of aryl methyl sites for hydroxylation is 3. The fraction of sp³-hybridized carbons (Fsp3) is 0.200. The second-order valence-corrected chi connectivity index (χ2v) is 5.09. The van der Waals surface area contributed by atoms with Crippen LogP contribution < -0.4 is 11.4 Å². The molecule has 1 aliphatic rings. The fourth-order valence-electron chi connectivity index (χ4n) is 3.07. The molecule has 0 bridgehead atoms. The van der Waals surface area contributed by atoms with E-state index in [0.29, 0.717) is 11.1 Å². The van der Waals surface area contributed by atoms with Crippen LogP contribution in [0.3, 0.4) is 0 Å². The fourth-order valence-corrected chi connectivity index (χ4v) is 3.07. The molecule has 2 heterocycles. The van der Waals surface area contributed by atoms with E-state index in [1.54, 1.807) is 11.7 Å². The van der Waals surface area contributed by atoms with Crippen LogP contribution in [-0.4, -0.2) is 9.78 Å². The largest absolute Gasteiger partial charge is 0.422 e. The van der Waals surface area contributed by atoms with Crippen molar-refractivity contribution < 1.29 is 4.42 Å². The predicted molar refractivity (Wildman–Crippen MR) is 76.5 cm³/mol. The lowest BCUT2D eigenvalue weighted by Gasteiger charge is -2.18. The molecule has 5 heteroatoms. The molecule has 0 fully saturated rings. The summed E-state index contributed by atoms with van der Waals surface area (Å²) in [5, 5.41) is 4.54. The number of nitrogen functional groups attached to an aromatic ring is 1. The molecule has 100 valence electrons. The number of hydrogen-bond donors (Lipinski definition) is 1. The van der Waals surface area contributed by atoms with Crippen LogP contribution in [-0.2, 0) is 19.9 Å². The Hall–Kier alpha value is -2.56. The highest BCUT2D eigenvalue weighted by atomic mass is 16.4. The van der Waals surface area contributed by atoms with Gasteiger partial charge in [0.1, 0.15) is 11.1 Å². The van der Waals surface area contributed by atoms with Gasteiger partial charge in [-0.05, 0) is 18.4 Å². The molecule has 4 rings (SSSR count). The van der Waals surface area contributed by atoms with Crippen LogP contribution in [0.1, 0.15) is 11.1 Å². The molecule has 0 radical (unpaired) electrons. The average Bonchev–Trinajstić information content (AvgIpc) is 2.75. The van der Waals surface area contributed by atoms with Crippen molar-refractivity contribution >= 4 is 16.7 Å². The second kappa shape index (κ2) is 3.72. The Kier molecular flexibility index (Phi) is 2.10. The topological polar surface area (TPSA) is 74.1 Å². The number of nitrogens with two attached hydrogens (primary N) is 1. The van der Waals surface area contributed by atoms with Crippen LogP contribution in [0.25, 0.3) is 22.2 Å². The van der Waals surface area contributed by atoms with Crippen molar-refractivity contribution in [1.82, 2.24) is 9.78 Å². The summed E-state index contributed by atoms with van der Waals surface area (Å²) < 4.78 is 7.22. The molecular formula is C15H13N3O2. The Morgan fingerprint density at radius 2 is 2.10 bits per heavy atom. The lowest BCUT2D eigenvalue weighted by Crippen LogP contribution is -2.11. The normalized spacial score (nSPS) is 13.2. The van der Waals surface area contributed by atoms with Gasteiger partial charge < -0.3 is 10.2 Å². The minimum Gasteiger partial charge on any atom is -0.422 e. The first-order valence-electron chi connectivity index (χ1n) is 6.53. The first-order chi connectivity index (χ1) is 9.66. The van der Waals surface area contributed by atoms with Crippen molar-refractivity contribution in [2.75, 3.05) is 5.73 Å². The molecule has 2 N–H and O–H groups in total. The summed E-state index contributed by atoms with van der Waals surface area (Å²) in [6, 6.07) is 8.01. The molecule has 3 aromatic rings. The quantitative estimate of drug-likeness (QED) is 0.674. The van der Waals surface area contributed by atoms with Gasteiger partial charge in [0.15, 0.2) is 5.82 Å². The van der Waals surface area contributed by atoms with Crippen LogP contribution in [0.15, 0.2) is 33.5 Å². The van der Waals surface area contributed by atoms with E-state index in [-0.39, 0.29) is 5.82 Å². The summed E-state index contributed by atoms with van der Waals surface area (Å²) in [6.07, 6.45) is 1.75. The predicted octanol–water partition coefficient (Wildman–Crippen LogP) is 1.87. The maximum atomic E-state index is 12.2. The molecule has 20 heavy (non-hydrogen) atoms. The molecule has 0 saturated carbocycles. The van der Waals surface area contributed by atoms with Gasteiger partial charge in [-0.15, -0.1) is 0 Å². The lowest BCUT2D eigenvalue weighted by molar-refractivity contribution is 0.524. The van der Waals surface area contributed by atoms with Crippen molar-refractivity contribution in [2.24, 2.45) is 7.05 Å². The van der Waals surface area contributed by atoms with Gasteiger partial charge in [0.2, 0.25) is 0 Å². The van der Waals surface area contributed by atoms with Crippen LogP contribution in [0.4, 0.5) is 5.82 Å². The molecule has 0 unspecified atom stereocenters.